The van der Waals surface area contributed by atoms with Gasteiger partial charge in [0.25, 0.3) is 0 Å². The lowest BCUT2D eigenvalue weighted by Gasteiger charge is -2.24. The average molecular weight is 416 g/mol. The van der Waals surface area contributed by atoms with Crippen LogP contribution >= 0.6 is 0 Å². The molecule has 0 saturated heterocycles. The van der Waals surface area contributed by atoms with Gasteiger partial charge >= 0.3 is 11.9 Å². The van der Waals surface area contributed by atoms with E-state index in [1.165, 1.54) is 0 Å². The van der Waals surface area contributed by atoms with Gasteiger partial charge in [0.2, 0.25) is 0 Å². The highest BCUT2D eigenvalue weighted by Gasteiger charge is 2.26. The summed E-state index contributed by atoms with van der Waals surface area (Å²) in [6.07, 6.45) is 2.34. The molecule has 0 saturated carbocycles. The molecule has 7 heteroatoms. The first-order valence-electron chi connectivity index (χ1n) is 9.97. The fourth-order valence-corrected chi connectivity index (χ4v) is 0.949. The summed E-state index contributed by atoms with van der Waals surface area (Å²) < 4.78 is 9.60. The first-order chi connectivity index (χ1) is 13.2. The minimum absolute atomic E-state index is 0.0659. The highest BCUT2D eigenvalue weighted by Crippen LogP contribution is 2.22. The van der Waals surface area contributed by atoms with Crippen LogP contribution in [0.4, 0.5) is 0 Å². The molecular formula is C22H41NO6. The van der Waals surface area contributed by atoms with Gasteiger partial charge in [0.1, 0.15) is 13.2 Å². The van der Waals surface area contributed by atoms with E-state index in [1.807, 2.05) is 55.4 Å². The second-order valence-corrected chi connectivity index (χ2v) is 7.90. The predicted molar refractivity (Wildman–Crippen MR) is 114 cm³/mol. The van der Waals surface area contributed by atoms with Gasteiger partial charge in [-0.15, -0.1) is 0 Å². The van der Waals surface area contributed by atoms with Crippen molar-refractivity contribution in [2.24, 2.45) is 16.7 Å². The lowest BCUT2D eigenvalue weighted by molar-refractivity contribution is -0.157. The van der Waals surface area contributed by atoms with Crippen molar-refractivity contribution < 1.29 is 29.3 Å². The molecule has 0 aliphatic heterocycles. The predicted octanol–water partition coefficient (Wildman–Crippen LogP) is 3.98. The molecule has 0 aromatic heterocycles. The number of nitriles is 1. The van der Waals surface area contributed by atoms with Crippen molar-refractivity contribution in [3.05, 3.63) is 12.7 Å². The molecule has 0 spiro atoms. The Balaban J connectivity index is -0.000000403. The van der Waals surface area contributed by atoms with Gasteiger partial charge in [0, 0.05) is 17.4 Å². The molecule has 0 aliphatic rings. The van der Waals surface area contributed by atoms with E-state index in [4.69, 9.17) is 20.2 Å². The van der Waals surface area contributed by atoms with Gasteiger partial charge in [-0.25, -0.2) is 4.79 Å². The number of nitrogens with zero attached hydrogens (tertiary/aromatic N) is 1. The topological polar surface area (TPSA) is 117 Å². The van der Waals surface area contributed by atoms with Crippen molar-refractivity contribution in [1.29, 1.82) is 5.26 Å². The zero-order chi connectivity index (χ0) is 23.7. The first-order valence-corrected chi connectivity index (χ1v) is 9.97. The van der Waals surface area contributed by atoms with Crippen LogP contribution in [0.25, 0.3) is 0 Å². The van der Waals surface area contributed by atoms with E-state index in [2.05, 4.69) is 17.4 Å². The Kier molecular flexibility index (Phi) is 18.6. The van der Waals surface area contributed by atoms with Crippen LogP contribution < -0.4 is 0 Å². The number of hydrogen-bond donors (Lipinski definition) is 2. The molecule has 7 nitrogen and oxygen atoms in total. The van der Waals surface area contributed by atoms with Gasteiger partial charge in [-0.1, -0.05) is 41.2 Å². The zero-order valence-corrected chi connectivity index (χ0v) is 19.4. The second-order valence-electron chi connectivity index (χ2n) is 7.90. The molecule has 0 aromatic carbocycles. The summed E-state index contributed by atoms with van der Waals surface area (Å²) in [5.41, 5.74) is -0.831. The van der Waals surface area contributed by atoms with Gasteiger partial charge in [0.15, 0.2) is 6.29 Å². The largest absolute Gasteiger partial charge is 0.462 e. The lowest BCUT2D eigenvalue weighted by atomic mass is 9.90. The molecule has 1 atom stereocenters. The van der Waals surface area contributed by atoms with E-state index in [9.17, 15) is 9.59 Å². The van der Waals surface area contributed by atoms with Crippen LogP contribution in [0.3, 0.4) is 0 Å². The van der Waals surface area contributed by atoms with Crippen LogP contribution in [-0.2, 0) is 19.1 Å². The summed E-state index contributed by atoms with van der Waals surface area (Å²) in [4.78, 5) is 22.1. The molecule has 0 bridgehead atoms. The summed E-state index contributed by atoms with van der Waals surface area (Å²) >= 11 is 0. The number of rotatable bonds is 9. The maximum atomic E-state index is 11.4. The zero-order valence-electron chi connectivity index (χ0n) is 19.4. The number of esters is 2. The minimum atomic E-state index is -1.19. The van der Waals surface area contributed by atoms with Gasteiger partial charge in [-0.2, -0.15) is 5.26 Å². The first kappa shape index (κ1) is 31.8. The van der Waals surface area contributed by atoms with E-state index in [-0.39, 0.29) is 30.5 Å². The Bertz CT molecular complexity index is 506. The molecule has 2 N–H and O–H groups in total. The van der Waals surface area contributed by atoms with Gasteiger partial charge < -0.3 is 19.7 Å². The Morgan fingerprint density at radius 2 is 1.55 bits per heavy atom. The highest BCUT2D eigenvalue weighted by atomic mass is 16.6. The van der Waals surface area contributed by atoms with Crippen molar-refractivity contribution in [3.8, 4) is 6.07 Å². The van der Waals surface area contributed by atoms with Crippen LogP contribution in [0.1, 0.15) is 74.7 Å². The van der Waals surface area contributed by atoms with E-state index < -0.39 is 17.7 Å². The maximum absolute atomic E-state index is 11.4. The van der Waals surface area contributed by atoms with Crippen LogP contribution in [0, 0.1) is 28.1 Å². The monoisotopic (exact) mass is 415 g/mol. The number of ether oxygens (including phenoxy) is 2. The smallest absolute Gasteiger partial charge is 0.330 e. The Morgan fingerprint density at radius 3 is 1.79 bits per heavy atom. The number of hydrogen-bond acceptors (Lipinski definition) is 7. The van der Waals surface area contributed by atoms with Crippen LogP contribution in [0.5, 0.6) is 0 Å². The minimum Gasteiger partial charge on any atom is -0.462 e. The van der Waals surface area contributed by atoms with Gasteiger partial charge in [-0.3, -0.25) is 4.79 Å². The maximum Gasteiger partial charge on any atom is 0.330 e. The number of aliphatic hydroxyl groups is 2. The SMILES string of the molecule is C=CC(=O)OCCOC(=O)C(C)(C)CC.CCC(C)(C)C(O)O.CCC(C)C#N. The molecule has 29 heavy (non-hydrogen) atoms. The van der Waals surface area contributed by atoms with E-state index in [0.29, 0.717) is 6.42 Å². The number of carbonyl (C=O) groups excluding carboxylic acids is 2. The number of aliphatic hydroxyl groups excluding tert-OH is 1. The molecule has 1 unspecified atom stereocenters. The summed E-state index contributed by atoms with van der Waals surface area (Å²) in [7, 11) is 0. The van der Waals surface area contributed by atoms with E-state index in [1.54, 1.807) is 0 Å². The molecule has 170 valence electrons. The Labute approximate surface area is 176 Å². The summed E-state index contributed by atoms with van der Waals surface area (Å²) in [5, 5.41) is 25.4. The van der Waals surface area contributed by atoms with Crippen molar-refractivity contribution in [2.75, 3.05) is 13.2 Å². The molecule has 0 aromatic rings. The van der Waals surface area contributed by atoms with Crippen molar-refractivity contribution in [1.82, 2.24) is 0 Å². The van der Waals surface area contributed by atoms with Crippen LogP contribution in [0.2, 0.25) is 0 Å². The number of carbonyl (C=O) groups is 2. The van der Waals surface area contributed by atoms with Crippen molar-refractivity contribution >= 4 is 11.9 Å². The van der Waals surface area contributed by atoms with E-state index in [0.717, 1.165) is 18.9 Å². The average Bonchev–Trinajstić information content (AvgIpc) is 2.70. The Morgan fingerprint density at radius 1 is 1.07 bits per heavy atom. The highest BCUT2D eigenvalue weighted by molar-refractivity contribution is 5.81. The molecular weight excluding hydrogens is 374 g/mol. The Hall–Kier alpha value is -1.91. The summed E-state index contributed by atoms with van der Waals surface area (Å²) in [6, 6.07) is 2.11. The molecule has 0 radical (unpaired) electrons. The van der Waals surface area contributed by atoms with Crippen LogP contribution in [-0.4, -0.2) is 41.7 Å². The summed E-state index contributed by atoms with van der Waals surface area (Å²) in [5.74, 6) is -0.551. The lowest BCUT2D eigenvalue weighted by Crippen LogP contribution is -2.27. The quantitative estimate of drug-likeness (QED) is 0.253. The van der Waals surface area contributed by atoms with E-state index >= 15 is 0 Å². The molecule has 0 aliphatic carbocycles. The molecule has 0 fully saturated rings. The normalized spacial score (nSPS) is 11.7. The fraction of sp³-hybridized carbons (Fsp3) is 0.773. The fourth-order valence-electron chi connectivity index (χ4n) is 0.949. The molecule has 0 heterocycles. The molecule has 0 rings (SSSR count). The molecule has 0 amide bonds. The van der Waals surface area contributed by atoms with Crippen molar-refractivity contribution in [2.45, 2.75) is 80.9 Å². The second kappa shape index (κ2) is 17.0. The third kappa shape index (κ3) is 17.9. The third-order valence-electron chi connectivity index (χ3n) is 4.61. The van der Waals surface area contributed by atoms with Gasteiger partial charge in [0.05, 0.1) is 11.5 Å². The van der Waals surface area contributed by atoms with Crippen LogP contribution in [0.15, 0.2) is 12.7 Å². The standard InChI is InChI=1S/C11H18O4.C6H14O2.C5H9N/c1-5-9(12)14-7-8-15-10(13)11(3,4)6-2;1-4-6(2,3)5(7)8;1-3-5(2)4-6/h5H,1,6-8H2,2-4H3;5,7-8H,4H2,1-3H3;5H,3H2,1-2H3. The van der Waals surface area contributed by atoms with Gasteiger partial charge in [-0.05, 0) is 40.0 Å². The van der Waals surface area contributed by atoms with Crippen molar-refractivity contribution in [3.63, 3.8) is 0 Å². The summed E-state index contributed by atoms with van der Waals surface area (Å²) in [6.45, 7) is 18.4. The third-order valence-corrected chi connectivity index (χ3v) is 4.61.